The van der Waals surface area contributed by atoms with Gasteiger partial charge >= 0.3 is 5.97 Å². The van der Waals surface area contributed by atoms with Gasteiger partial charge in [-0.15, -0.1) is 0 Å². The van der Waals surface area contributed by atoms with E-state index in [1.54, 1.807) is 12.1 Å². The number of nitrogens with one attached hydrogen (secondary N) is 2. The number of carbonyl (C=O) groups is 2. The quantitative estimate of drug-likeness (QED) is 0.653. The number of aliphatic carboxylic acids is 1. The normalized spacial score (nSPS) is 15.4. The summed E-state index contributed by atoms with van der Waals surface area (Å²) in [6.07, 6.45) is 2.03. The van der Waals surface area contributed by atoms with Gasteiger partial charge in [-0.25, -0.2) is 4.98 Å². The maximum Gasteiger partial charge on any atom is 0.310 e. The zero-order valence-electron chi connectivity index (χ0n) is 14.2. The van der Waals surface area contributed by atoms with Crippen molar-refractivity contribution in [3.8, 4) is 11.4 Å². The van der Waals surface area contributed by atoms with Gasteiger partial charge in [0.05, 0.1) is 16.4 Å². The van der Waals surface area contributed by atoms with Crippen LogP contribution in [0.15, 0.2) is 48.5 Å². The van der Waals surface area contributed by atoms with E-state index >= 15 is 0 Å². The van der Waals surface area contributed by atoms with Crippen molar-refractivity contribution in [1.82, 2.24) is 9.97 Å². The first-order valence-corrected chi connectivity index (χ1v) is 8.64. The number of anilines is 1. The number of H-pyrrole nitrogens is 1. The summed E-state index contributed by atoms with van der Waals surface area (Å²) in [7, 11) is 0. The van der Waals surface area contributed by atoms with Crippen LogP contribution in [0.4, 0.5) is 5.69 Å². The lowest BCUT2D eigenvalue weighted by molar-refractivity contribution is -0.157. The maximum absolute atomic E-state index is 12.2. The van der Waals surface area contributed by atoms with Gasteiger partial charge in [0.2, 0.25) is 5.91 Å². The Bertz CT molecular complexity index is 938. The predicted octanol–water partition coefficient (Wildman–Crippen LogP) is 3.81. The molecule has 1 fully saturated rings. The molecule has 0 saturated heterocycles. The van der Waals surface area contributed by atoms with Crippen LogP contribution in [0, 0.1) is 5.41 Å². The van der Waals surface area contributed by atoms with Crippen LogP contribution in [0.1, 0.15) is 25.7 Å². The van der Waals surface area contributed by atoms with Crippen molar-refractivity contribution < 1.29 is 14.7 Å². The molecule has 1 aliphatic rings. The molecule has 1 aromatic heterocycles. The van der Waals surface area contributed by atoms with Crippen LogP contribution in [-0.2, 0) is 9.59 Å². The number of aromatic amines is 1. The molecule has 132 valence electrons. The van der Waals surface area contributed by atoms with E-state index < -0.39 is 11.4 Å². The third-order valence-corrected chi connectivity index (χ3v) is 5.09. The third kappa shape index (κ3) is 2.94. The van der Waals surface area contributed by atoms with Crippen LogP contribution in [0.2, 0.25) is 0 Å². The van der Waals surface area contributed by atoms with Gasteiger partial charge in [-0.3, -0.25) is 9.59 Å². The molecule has 1 amide bonds. The lowest BCUT2D eigenvalue weighted by Crippen LogP contribution is -2.41. The van der Waals surface area contributed by atoms with Crippen LogP contribution in [0.3, 0.4) is 0 Å². The van der Waals surface area contributed by atoms with Crippen LogP contribution in [0.25, 0.3) is 22.4 Å². The second-order valence-corrected chi connectivity index (χ2v) is 6.84. The summed E-state index contributed by atoms with van der Waals surface area (Å²) in [5, 5.41) is 12.1. The number of fused-ring (bicyclic) bond motifs is 1. The Morgan fingerprint density at radius 1 is 1.12 bits per heavy atom. The van der Waals surface area contributed by atoms with Crippen molar-refractivity contribution in [2.75, 3.05) is 5.32 Å². The van der Waals surface area contributed by atoms with Crippen molar-refractivity contribution in [3.05, 3.63) is 48.5 Å². The van der Waals surface area contributed by atoms with Gasteiger partial charge < -0.3 is 15.4 Å². The molecule has 0 radical (unpaired) electrons. The molecule has 4 rings (SSSR count). The molecule has 0 atom stereocenters. The van der Waals surface area contributed by atoms with Crippen molar-refractivity contribution in [2.45, 2.75) is 25.7 Å². The first-order valence-electron chi connectivity index (χ1n) is 8.64. The Labute approximate surface area is 150 Å². The summed E-state index contributed by atoms with van der Waals surface area (Å²) in [4.78, 5) is 31.4. The van der Waals surface area contributed by atoms with Gasteiger partial charge in [-0.1, -0.05) is 18.6 Å². The fourth-order valence-corrected chi connectivity index (χ4v) is 3.38. The molecule has 3 aromatic rings. The van der Waals surface area contributed by atoms with Gasteiger partial charge in [0.25, 0.3) is 0 Å². The molecule has 2 aromatic carbocycles. The van der Waals surface area contributed by atoms with Crippen LogP contribution in [-0.4, -0.2) is 27.0 Å². The number of para-hydroxylation sites is 2. The lowest BCUT2D eigenvalue weighted by Gasteiger charge is -2.36. The standard InChI is InChI=1S/C20H19N3O3/c24-17(12-20(19(25)26)10-3-11-20)21-14-8-6-13(7-9-14)18-22-15-4-1-2-5-16(15)23-18/h1-2,4-9H,3,10-12H2,(H,21,24)(H,22,23)(H,25,26). The van der Waals surface area contributed by atoms with Gasteiger partial charge in [-0.2, -0.15) is 0 Å². The predicted molar refractivity (Wildman–Crippen MR) is 98.7 cm³/mol. The minimum absolute atomic E-state index is 0.0215. The van der Waals surface area contributed by atoms with Crippen LogP contribution < -0.4 is 5.32 Å². The molecule has 0 spiro atoms. The lowest BCUT2D eigenvalue weighted by atomic mass is 9.66. The fourth-order valence-electron chi connectivity index (χ4n) is 3.38. The number of rotatable bonds is 5. The SMILES string of the molecule is O=C(CC1(C(=O)O)CCC1)Nc1ccc(-c2nc3ccccc3[nH]2)cc1. The van der Waals surface area contributed by atoms with E-state index in [9.17, 15) is 14.7 Å². The Balaban J connectivity index is 1.46. The van der Waals surface area contributed by atoms with Crippen LogP contribution >= 0.6 is 0 Å². The van der Waals surface area contributed by atoms with E-state index in [0.717, 1.165) is 28.8 Å². The number of benzene rings is 2. The minimum Gasteiger partial charge on any atom is -0.481 e. The van der Waals surface area contributed by atoms with E-state index in [-0.39, 0.29) is 12.3 Å². The molecule has 1 saturated carbocycles. The number of hydrogen-bond donors (Lipinski definition) is 3. The third-order valence-electron chi connectivity index (χ3n) is 5.09. The van der Waals surface area contributed by atoms with E-state index in [4.69, 9.17) is 0 Å². The molecule has 1 heterocycles. The van der Waals surface area contributed by atoms with Gasteiger partial charge in [0, 0.05) is 17.7 Å². The molecule has 6 heteroatoms. The molecule has 0 aliphatic heterocycles. The maximum atomic E-state index is 12.2. The largest absolute Gasteiger partial charge is 0.481 e. The second kappa shape index (κ2) is 6.29. The number of carbonyl (C=O) groups excluding carboxylic acids is 1. The van der Waals surface area contributed by atoms with Crippen LogP contribution in [0.5, 0.6) is 0 Å². The number of imidazole rings is 1. The molecule has 1 aliphatic carbocycles. The molecule has 6 nitrogen and oxygen atoms in total. The fraction of sp³-hybridized carbons (Fsp3) is 0.250. The summed E-state index contributed by atoms with van der Waals surface area (Å²) in [5.41, 5.74) is 2.56. The summed E-state index contributed by atoms with van der Waals surface area (Å²) < 4.78 is 0. The molecule has 26 heavy (non-hydrogen) atoms. The minimum atomic E-state index is -0.877. The summed E-state index contributed by atoms with van der Waals surface area (Å²) >= 11 is 0. The number of hydrogen-bond acceptors (Lipinski definition) is 3. The number of amides is 1. The summed E-state index contributed by atoms with van der Waals surface area (Å²) in [6.45, 7) is 0. The van der Waals surface area contributed by atoms with E-state index in [1.165, 1.54) is 0 Å². The van der Waals surface area contributed by atoms with Gasteiger partial charge in [0.15, 0.2) is 0 Å². The Morgan fingerprint density at radius 2 is 1.85 bits per heavy atom. The summed E-state index contributed by atoms with van der Waals surface area (Å²) in [6, 6.07) is 15.2. The van der Waals surface area contributed by atoms with Crippen molar-refractivity contribution >= 4 is 28.6 Å². The van der Waals surface area contributed by atoms with Crippen molar-refractivity contribution in [1.29, 1.82) is 0 Å². The van der Waals surface area contributed by atoms with Crippen molar-refractivity contribution in [3.63, 3.8) is 0 Å². The first-order chi connectivity index (χ1) is 12.6. The number of carboxylic acid groups (broad SMARTS) is 1. The molecule has 0 bridgehead atoms. The Kier molecular flexibility index (Phi) is 3.95. The average molecular weight is 349 g/mol. The van der Waals surface area contributed by atoms with E-state index in [1.807, 2.05) is 36.4 Å². The van der Waals surface area contributed by atoms with E-state index in [2.05, 4.69) is 15.3 Å². The Hall–Kier alpha value is -3.15. The highest BCUT2D eigenvalue weighted by Crippen LogP contribution is 2.44. The van der Waals surface area contributed by atoms with E-state index in [0.29, 0.717) is 18.5 Å². The monoisotopic (exact) mass is 349 g/mol. The number of carboxylic acids is 1. The molecular formula is C20H19N3O3. The highest BCUT2D eigenvalue weighted by molar-refractivity contribution is 5.94. The topological polar surface area (TPSA) is 95.1 Å². The van der Waals surface area contributed by atoms with Gasteiger partial charge in [-0.05, 0) is 49.2 Å². The average Bonchev–Trinajstić information content (AvgIpc) is 3.02. The molecule has 0 unspecified atom stereocenters. The highest BCUT2D eigenvalue weighted by atomic mass is 16.4. The van der Waals surface area contributed by atoms with Gasteiger partial charge in [0.1, 0.15) is 5.82 Å². The zero-order chi connectivity index (χ0) is 18.1. The van der Waals surface area contributed by atoms with Crippen molar-refractivity contribution in [2.24, 2.45) is 5.41 Å². The number of nitrogens with zero attached hydrogens (tertiary/aromatic N) is 1. The highest BCUT2D eigenvalue weighted by Gasteiger charge is 2.45. The zero-order valence-corrected chi connectivity index (χ0v) is 14.2. The second-order valence-electron chi connectivity index (χ2n) is 6.84. The number of aromatic nitrogens is 2. The molecule has 3 N–H and O–H groups in total. The Morgan fingerprint density at radius 3 is 2.46 bits per heavy atom. The molecular weight excluding hydrogens is 330 g/mol. The smallest absolute Gasteiger partial charge is 0.310 e. The first kappa shape index (κ1) is 16.3. The summed E-state index contributed by atoms with van der Waals surface area (Å²) in [5.74, 6) is -0.369.